The number of halogens is 1. The predicted molar refractivity (Wildman–Crippen MR) is 188 cm³/mol. The van der Waals surface area contributed by atoms with Crippen molar-refractivity contribution in [2.45, 2.75) is 10.8 Å². The van der Waals surface area contributed by atoms with Crippen LogP contribution in [0.2, 0.25) is 0 Å². The van der Waals surface area contributed by atoms with E-state index in [0.717, 1.165) is 26.7 Å². The third-order valence-corrected chi connectivity index (χ3v) is 10.8. The molecular formula is C41H30BrNO5. The normalized spacial score (nSPS) is 24.3. The Morgan fingerprint density at radius 1 is 0.542 bits per heavy atom. The molecule has 0 N–H and O–H groups in total. The lowest BCUT2D eigenvalue weighted by Crippen LogP contribution is -2.45. The number of fused-ring (bicyclic) bond motifs is 5. The lowest BCUT2D eigenvalue weighted by atomic mass is 9.59. The van der Waals surface area contributed by atoms with Gasteiger partial charge in [0.15, 0.2) is 5.78 Å². The standard InChI is InChI=1S/C41H30BrNO5/c1-47-31-21-13-25(14-22-31)33-34(26-15-23-32(48-2)24-16-26)41(28-11-7-4-8-12-28)36-35(40(33,39(41)46)27-9-5-3-6-10-27)37(44)43(38(36)45)30-19-17-29(42)18-20-30/h3-24,35-36H,1-2H3/t35-,36-,40+,41+/m0/s1. The van der Waals surface area contributed by atoms with E-state index in [1.807, 2.05) is 121 Å². The highest BCUT2D eigenvalue weighted by Crippen LogP contribution is 2.74. The largest absolute Gasteiger partial charge is 0.497 e. The zero-order valence-electron chi connectivity index (χ0n) is 26.2. The van der Waals surface area contributed by atoms with Gasteiger partial charge in [0.2, 0.25) is 11.8 Å². The Bertz CT molecular complexity index is 1980. The van der Waals surface area contributed by atoms with Gasteiger partial charge in [0.1, 0.15) is 11.5 Å². The molecule has 5 aromatic carbocycles. The number of carbonyl (C=O) groups is 3. The van der Waals surface area contributed by atoms with Crippen LogP contribution in [0.4, 0.5) is 5.69 Å². The molecule has 1 saturated carbocycles. The van der Waals surface area contributed by atoms with Crippen LogP contribution < -0.4 is 14.4 Å². The van der Waals surface area contributed by atoms with Crippen molar-refractivity contribution in [1.82, 2.24) is 0 Å². The van der Waals surface area contributed by atoms with Gasteiger partial charge in [-0.1, -0.05) is 101 Å². The van der Waals surface area contributed by atoms with Crippen molar-refractivity contribution in [2.75, 3.05) is 19.1 Å². The molecule has 5 aromatic rings. The zero-order chi connectivity index (χ0) is 33.2. The molecule has 48 heavy (non-hydrogen) atoms. The number of amides is 2. The molecule has 1 saturated heterocycles. The third-order valence-electron chi connectivity index (χ3n) is 10.3. The Morgan fingerprint density at radius 3 is 1.31 bits per heavy atom. The molecule has 6 nitrogen and oxygen atoms in total. The third kappa shape index (κ3) is 3.88. The second kappa shape index (κ2) is 11.2. The van der Waals surface area contributed by atoms with Crippen LogP contribution in [0.5, 0.6) is 11.5 Å². The van der Waals surface area contributed by atoms with E-state index >= 15 is 14.4 Å². The highest BCUT2D eigenvalue weighted by molar-refractivity contribution is 9.10. The van der Waals surface area contributed by atoms with E-state index in [9.17, 15) is 0 Å². The lowest BCUT2D eigenvalue weighted by Gasteiger charge is -2.39. The van der Waals surface area contributed by atoms with Crippen molar-refractivity contribution >= 4 is 50.4 Å². The molecule has 7 heteroatoms. The van der Waals surface area contributed by atoms with E-state index in [1.165, 1.54) is 4.90 Å². The van der Waals surface area contributed by atoms with Gasteiger partial charge >= 0.3 is 0 Å². The van der Waals surface area contributed by atoms with E-state index in [2.05, 4.69) is 15.9 Å². The molecule has 0 unspecified atom stereocenters. The number of ketones is 1. The molecule has 2 amide bonds. The van der Waals surface area contributed by atoms with Crippen molar-refractivity contribution in [3.8, 4) is 11.5 Å². The molecule has 0 radical (unpaired) electrons. The monoisotopic (exact) mass is 695 g/mol. The first-order valence-corrected chi connectivity index (χ1v) is 16.5. The molecular weight excluding hydrogens is 666 g/mol. The minimum Gasteiger partial charge on any atom is -0.497 e. The summed E-state index contributed by atoms with van der Waals surface area (Å²) >= 11 is 3.48. The maximum Gasteiger partial charge on any atom is 0.239 e. The van der Waals surface area contributed by atoms with E-state index in [0.29, 0.717) is 28.3 Å². The Hall–Kier alpha value is -5.27. The summed E-state index contributed by atoms with van der Waals surface area (Å²) in [5.74, 6) is -1.61. The topological polar surface area (TPSA) is 72.9 Å². The van der Waals surface area contributed by atoms with Crippen molar-refractivity contribution < 1.29 is 23.9 Å². The number of hydrogen-bond acceptors (Lipinski definition) is 5. The van der Waals surface area contributed by atoms with Crippen LogP contribution in [0.1, 0.15) is 22.3 Å². The SMILES string of the molecule is COc1ccc(C2=C(c3ccc(OC)cc3)[C@@]3(c4ccccc4)C(=O)[C@@]2(c2ccccc2)[C@@H]2C(=O)N(c4ccc(Br)cc4)C(=O)[C@H]23)cc1. The first kappa shape index (κ1) is 30.1. The van der Waals surface area contributed by atoms with Gasteiger partial charge < -0.3 is 9.47 Å². The van der Waals surface area contributed by atoms with Gasteiger partial charge in [-0.3, -0.25) is 14.4 Å². The van der Waals surface area contributed by atoms with Gasteiger partial charge in [0, 0.05) is 4.47 Å². The van der Waals surface area contributed by atoms with Crippen molar-refractivity contribution in [1.29, 1.82) is 0 Å². The van der Waals surface area contributed by atoms with Gasteiger partial charge in [-0.05, 0) is 81.9 Å². The van der Waals surface area contributed by atoms with E-state index in [4.69, 9.17) is 9.47 Å². The highest BCUT2D eigenvalue weighted by Gasteiger charge is 2.82. The summed E-state index contributed by atoms with van der Waals surface area (Å²) in [6, 6.07) is 41.4. The molecule has 0 spiro atoms. The first-order chi connectivity index (χ1) is 23.4. The van der Waals surface area contributed by atoms with E-state index in [1.54, 1.807) is 26.4 Å². The number of imide groups is 1. The van der Waals surface area contributed by atoms with Crippen LogP contribution in [0, 0.1) is 11.8 Å². The summed E-state index contributed by atoms with van der Waals surface area (Å²) in [5.41, 5.74) is 1.84. The summed E-state index contributed by atoms with van der Waals surface area (Å²) in [7, 11) is 3.22. The fourth-order valence-electron chi connectivity index (χ4n) is 8.48. The van der Waals surface area contributed by atoms with Crippen LogP contribution in [0.3, 0.4) is 0 Å². The minimum atomic E-state index is -1.48. The maximum atomic E-state index is 16.0. The molecule has 2 bridgehead atoms. The average Bonchev–Trinajstić information content (AvgIpc) is 3.65. The summed E-state index contributed by atoms with van der Waals surface area (Å²) in [6.07, 6.45) is 0. The second-order valence-electron chi connectivity index (χ2n) is 12.3. The van der Waals surface area contributed by atoms with Crippen LogP contribution >= 0.6 is 15.9 Å². The van der Waals surface area contributed by atoms with Gasteiger partial charge in [0.05, 0.1) is 42.6 Å². The number of anilines is 1. The summed E-state index contributed by atoms with van der Waals surface area (Å²) in [5, 5.41) is 0. The van der Waals surface area contributed by atoms with Gasteiger partial charge in [-0.2, -0.15) is 0 Å². The van der Waals surface area contributed by atoms with Gasteiger partial charge in [0.25, 0.3) is 0 Å². The fourth-order valence-corrected chi connectivity index (χ4v) is 8.75. The number of rotatable bonds is 7. The number of benzene rings is 5. The Balaban J connectivity index is 1.54. The summed E-state index contributed by atoms with van der Waals surface area (Å²) < 4.78 is 11.9. The summed E-state index contributed by atoms with van der Waals surface area (Å²) in [4.78, 5) is 47.4. The number of nitrogens with zero attached hydrogens (tertiary/aromatic N) is 1. The Kier molecular flexibility index (Phi) is 7.00. The highest BCUT2D eigenvalue weighted by atomic mass is 79.9. The van der Waals surface area contributed by atoms with Crippen molar-refractivity contribution in [3.63, 3.8) is 0 Å². The molecule has 2 aliphatic carbocycles. The van der Waals surface area contributed by atoms with Crippen LogP contribution in [-0.4, -0.2) is 31.8 Å². The minimum absolute atomic E-state index is 0.170. The number of ether oxygens (including phenoxy) is 2. The maximum absolute atomic E-state index is 16.0. The van der Waals surface area contributed by atoms with E-state index < -0.39 is 22.7 Å². The molecule has 4 atom stereocenters. The molecule has 8 rings (SSSR count). The van der Waals surface area contributed by atoms with Gasteiger partial charge in [-0.15, -0.1) is 0 Å². The number of carbonyl (C=O) groups excluding carboxylic acids is 3. The predicted octanol–water partition coefficient (Wildman–Crippen LogP) is 7.66. The second-order valence-corrected chi connectivity index (χ2v) is 13.2. The number of hydrogen-bond donors (Lipinski definition) is 0. The number of methoxy groups -OCH3 is 2. The molecule has 0 aromatic heterocycles. The Morgan fingerprint density at radius 2 is 0.938 bits per heavy atom. The smallest absolute Gasteiger partial charge is 0.239 e. The average molecular weight is 697 g/mol. The Labute approximate surface area is 286 Å². The number of Topliss-reactive ketones (excluding diaryl/α,β-unsaturated/α-hetero) is 1. The molecule has 3 aliphatic rings. The van der Waals surface area contributed by atoms with Crippen LogP contribution in [-0.2, 0) is 25.2 Å². The van der Waals surface area contributed by atoms with Gasteiger partial charge in [-0.25, -0.2) is 4.90 Å². The fraction of sp³-hybridized carbons (Fsp3) is 0.146. The molecule has 1 aliphatic heterocycles. The van der Waals surface area contributed by atoms with Crippen LogP contribution in [0.15, 0.2) is 138 Å². The van der Waals surface area contributed by atoms with E-state index in [-0.39, 0.29) is 17.6 Å². The van der Waals surface area contributed by atoms with Crippen molar-refractivity contribution in [3.05, 3.63) is 160 Å². The molecule has 1 heterocycles. The zero-order valence-corrected chi connectivity index (χ0v) is 27.8. The van der Waals surface area contributed by atoms with Crippen molar-refractivity contribution in [2.24, 2.45) is 11.8 Å². The molecule has 236 valence electrons. The number of allylic oxidation sites excluding steroid dienone is 2. The lowest BCUT2D eigenvalue weighted by molar-refractivity contribution is -0.130. The molecule has 2 fully saturated rings. The first-order valence-electron chi connectivity index (χ1n) is 15.7. The quantitative estimate of drug-likeness (QED) is 0.164. The summed E-state index contributed by atoms with van der Waals surface area (Å²) in [6.45, 7) is 0. The van der Waals surface area contributed by atoms with Crippen LogP contribution in [0.25, 0.3) is 11.1 Å².